The van der Waals surface area contributed by atoms with Gasteiger partial charge in [0.2, 0.25) is 5.56 Å². The molecule has 1 aromatic heterocycles. The van der Waals surface area contributed by atoms with Gasteiger partial charge in [-0.15, -0.1) is 0 Å². The molecule has 3 rings (SSSR count). The fourth-order valence-electron chi connectivity index (χ4n) is 3.21. The first kappa shape index (κ1) is 14.1. The van der Waals surface area contributed by atoms with Gasteiger partial charge in [0.05, 0.1) is 0 Å². The minimum absolute atomic E-state index is 0.00105. The van der Waals surface area contributed by atoms with Crippen LogP contribution in [0.4, 0.5) is 0 Å². The zero-order valence-electron chi connectivity index (χ0n) is 12.6. The Morgan fingerprint density at radius 1 is 1.29 bits per heavy atom. The number of benzene rings is 1. The van der Waals surface area contributed by atoms with E-state index in [-0.39, 0.29) is 5.56 Å². The van der Waals surface area contributed by atoms with E-state index < -0.39 is 0 Å². The van der Waals surface area contributed by atoms with Crippen LogP contribution in [0.3, 0.4) is 0 Å². The summed E-state index contributed by atoms with van der Waals surface area (Å²) in [5.41, 5.74) is 4.95. The molecule has 0 fully saturated rings. The van der Waals surface area contributed by atoms with Crippen LogP contribution in [0.5, 0.6) is 0 Å². The van der Waals surface area contributed by atoms with Gasteiger partial charge in [-0.2, -0.15) is 0 Å². The Kier molecular flexibility index (Phi) is 3.93. The van der Waals surface area contributed by atoms with E-state index in [0.29, 0.717) is 12.1 Å². The van der Waals surface area contributed by atoms with Gasteiger partial charge in [0.25, 0.3) is 0 Å². The van der Waals surface area contributed by atoms with E-state index in [9.17, 15) is 4.79 Å². The number of H-pyrrole nitrogens is 1. The lowest BCUT2D eigenvalue weighted by Gasteiger charge is -2.29. The summed E-state index contributed by atoms with van der Waals surface area (Å²) in [5.74, 6) is 0. The van der Waals surface area contributed by atoms with Gasteiger partial charge in [0.15, 0.2) is 0 Å². The second-order valence-corrected chi connectivity index (χ2v) is 6.00. The summed E-state index contributed by atoms with van der Waals surface area (Å²) < 4.78 is 0. The van der Waals surface area contributed by atoms with Crippen LogP contribution in [-0.2, 0) is 6.42 Å². The van der Waals surface area contributed by atoms with Crippen molar-refractivity contribution < 1.29 is 0 Å². The van der Waals surface area contributed by atoms with E-state index in [2.05, 4.69) is 48.4 Å². The van der Waals surface area contributed by atoms with E-state index in [1.807, 2.05) is 6.07 Å². The van der Waals surface area contributed by atoms with Gasteiger partial charge in [0, 0.05) is 23.8 Å². The molecule has 0 amide bonds. The van der Waals surface area contributed by atoms with Crippen LogP contribution in [0.1, 0.15) is 54.2 Å². The maximum absolute atomic E-state index is 11.5. The number of rotatable bonds is 3. The molecule has 1 aliphatic rings. The average molecular weight is 282 g/mol. The predicted molar refractivity (Wildman–Crippen MR) is 85.5 cm³/mol. The molecule has 1 aliphatic carbocycles. The first-order chi connectivity index (χ1) is 10.1. The van der Waals surface area contributed by atoms with Gasteiger partial charge < -0.3 is 10.3 Å². The Morgan fingerprint density at radius 3 is 2.95 bits per heavy atom. The molecule has 110 valence electrons. The van der Waals surface area contributed by atoms with Crippen molar-refractivity contribution in [1.29, 1.82) is 0 Å². The van der Waals surface area contributed by atoms with Crippen molar-refractivity contribution in [2.75, 3.05) is 0 Å². The highest BCUT2D eigenvalue weighted by molar-refractivity contribution is 5.28. The van der Waals surface area contributed by atoms with E-state index in [1.54, 1.807) is 6.07 Å². The SMILES string of the molecule is Cc1cccc([C@H](C)NC2CCCc3[nH]c(=O)ccc32)c1. The second-order valence-electron chi connectivity index (χ2n) is 6.00. The molecule has 1 heterocycles. The average Bonchev–Trinajstić information content (AvgIpc) is 2.47. The van der Waals surface area contributed by atoms with Gasteiger partial charge >= 0.3 is 0 Å². The molecule has 1 aromatic carbocycles. The summed E-state index contributed by atoms with van der Waals surface area (Å²) in [6, 6.07) is 12.9. The van der Waals surface area contributed by atoms with Crippen molar-refractivity contribution >= 4 is 0 Å². The molecule has 0 aliphatic heterocycles. The standard InChI is InChI=1S/C18H22N2O/c1-12-5-3-6-14(11-12)13(2)19-16-7-4-8-17-15(16)9-10-18(21)20-17/h3,5-6,9-11,13,16,19H,4,7-8H2,1-2H3,(H,20,21)/t13-,16?/m0/s1. The molecule has 0 bridgehead atoms. The topological polar surface area (TPSA) is 44.9 Å². The number of fused-ring (bicyclic) bond motifs is 1. The van der Waals surface area contributed by atoms with Crippen LogP contribution in [0.15, 0.2) is 41.2 Å². The van der Waals surface area contributed by atoms with E-state index in [4.69, 9.17) is 0 Å². The number of hydrogen-bond acceptors (Lipinski definition) is 2. The third kappa shape index (κ3) is 3.08. The molecule has 0 spiro atoms. The summed E-state index contributed by atoms with van der Waals surface area (Å²) in [6.45, 7) is 4.33. The first-order valence-corrected chi connectivity index (χ1v) is 7.68. The highest BCUT2D eigenvalue weighted by atomic mass is 16.1. The third-order valence-electron chi connectivity index (χ3n) is 4.33. The van der Waals surface area contributed by atoms with Gasteiger partial charge in [-0.05, 0) is 44.2 Å². The van der Waals surface area contributed by atoms with E-state index in [1.165, 1.54) is 16.7 Å². The Bertz CT molecular complexity index is 690. The van der Waals surface area contributed by atoms with Gasteiger partial charge in [-0.25, -0.2) is 0 Å². The quantitative estimate of drug-likeness (QED) is 0.906. The lowest BCUT2D eigenvalue weighted by molar-refractivity contribution is 0.411. The number of nitrogens with one attached hydrogen (secondary N) is 2. The molecule has 21 heavy (non-hydrogen) atoms. The van der Waals surface area contributed by atoms with Crippen LogP contribution < -0.4 is 10.9 Å². The minimum atomic E-state index is 0.00105. The fourth-order valence-corrected chi connectivity index (χ4v) is 3.21. The fraction of sp³-hybridized carbons (Fsp3) is 0.389. The monoisotopic (exact) mass is 282 g/mol. The molecule has 2 N–H and O–H groups in total. The Balaban J connectivity index is 1.82. The highest BCUT2D eigenvalue weighted by Crippen LogP contribution is 2.30. The lowest BCUT2D eigenvalue weighted by atomic mass is 9.90. The maximum atomic E-state index is 11.5. The van der Waals surface area contributed by atoms with Crippen LogP contribution in [0, 0.1) is 6.92 Å². The molecule has 1 unspecified atom stereocenters. The van der Waals surface area contributed by atoms with Crippen LogP contribution in [0.25, 0.3) is 0 Å². The largest absolute Gasteiger partial charge is 0.326 e. The summed E-state index contributed by atoms with van der Waals surface area (Å²) >= 11 is 0. The normalized spacial score (nSPS) is 19.0. The number of hydrogen-bond donors (Lipinski definition) is 2. The molecule has 3 nitrogen and oxygen atoms in total. The highest BCUT2D eigenvalue weighted by Gasteiger charge is 2.22. The summed E-state index contributed by atoms with van der Waals surface area (Å²) in [7, 11) is 0. The number of pyridine rings is 1. The predicted octanol–water partition coefficient (Wildman–Crippen LogP) is 3.41. The molecule has 3 heteroatoms. The lowest BCUT2D eigenvalue weighted by Crippen LogP contribution is -2.29. The van der Waals surface area contributed by atoms with Crippen molar-refractivity contribution in [3.63, 3.8) is 0 Å². The van der Waals surface area contributed by atoms with E-state index in [0.717, 1.165) is 25.0 Å². The summed E-state index contributed by atoms with van der Waals surface area (Å²) in [5, 5.41) is 3.72. The van der Waals surface area contributed by atoms with Crippen LogP contribution >= 0.6 is 0 Å². The zero-order valence-corrected chi connectivity index (χ0v) is 12.6. The molecule has 0 saturated heterocycles. The van der Waals surface area contributed by atoms with Crippen molar-refractivity contribution in [3.05, 3.63) is 69.1 Å². The molecule has 0 radical (unpaired) electrons. The van der Waals surface area contributed by atoms with E-state index >= 15 is 0 Å². The number of aromatic amines is 1. The summed E-state index contributed by atoms with van der Waals surface area (Å²) in [4.78, 5) is 14.4. The van der Waals surface area contributed by atoms with Gasteiger partial charge in [-0.3, -0.25) is 4.79 Å². The number of aromatic nitrogens is 1. The molecule has 0 saturated carbocycles. The summed E-state index contributed by atoms with van der Waals surface area (Å²) in [6.07, 6.45) is 3.21. The maximum Gasteiger partial charge on any atom is 0.248 e. The van der Waals surface area contributed by atoms with Crippen LogP contribution in [-0.4, -0.2) is 4.98 Å². The molecule has 2 atom stereocenters. The molecule has 2 aromatic rings. The number of aryl methyl sites for hydroxylation is 2. The second kappa shape index (κ2) is 5.86. The molecular formula is C18H22N2O. The Morgan fingerprint density at radius 2 is 2.14 bits per heavy atom. The third-order valence-corrected chi connectivity index (χ3v) is 4.33. The van der Waals surface area contributed by atoms with Crippen LogP contribution in [0.2, 0.25) is 0 Å². The van der Waals surface area contributed by atoms with Gasteiger partial charge in [-0.1, -0.05) is 35.9 Å². The van der Waals surface area contributed by atoms with Gasteiger partial charge in [0.1, 0.15) is 0 Å². The van der Waals surface area contributed by atoms with Crippen molar-refractivity contribution in [3.8, 4) is 0 Å². The first-order valence-electron chi connectivity index (χ1n) is 7.68. The zero-order chi connectivity index (χ0) is 14.8. The smallest absolute Gasteiger partial charge is 0.248 e. The minimum Gasteiger partial charge on any atom is -0.326 e. The van der Waals surface area contributed by atoms with Crippen molar-refractivity contribution in [2.24, 2.45) is 0 Å². The molecular weight excluding hydrogens is 260 g/mol. The van der Waals surface area contributed by atoms with Crippen molar-refractivity contribution in [2.45, 2.75) is 45.2 Å². The van der Waals surface area contributed by atoms with Crippen molar-refractivity contribution in [1.82, 2.24) is 10.3 Å². The Hall–Kier alpha value is -1.87. The Labute approximate surface area is 125 Å².